The summed E-state index contributed by atoms with van der Waals surface area (Å²) in [4.78, 5) is 8.66. The molecule has 3 heterocycles. The lowest BCUT2D eigenvalue weighted by atomic mass is 10.2. The highest BCUT2D eigenvalue weighted by atomic mass is 32.2. The second kappa shape index (κ2) is 3.75. The van der Waals surface area contributed by atoms with E-state index in [0.717, 1.165) is 6.54 Å². The Morgan fingerprint density at radius 1 is 1.29 bits per heavy atom. The van der Waals surface area contributed by atoms with Crippen molar-refractivity contribution in [1.29, 1.82) is 0 Å². The Kier molecular flexibility index (Phi) is 2.20. The van der Waals surface area contributed by atoms with Gasteiger partial charge in [-0.1, -0.05) is 30.0 Å². The van der Waals surface area contributed by atoms with Crippen LogP contribution in [0.25, 0.3) is 10.1 Å². The van der Waals surface area contributed by atoms with E-state index >= 15 is 0 Å². The minimum atomic E-state index is 0.371. The molecule has 17 heavy (non-hydrogen) atoms. The molecule has 0 bridgehead atoms. The third-order valence-electron chi connectivity index (χ3n) is 3.30. The van der Waals surface area contributed by atoms with Crippen LogP contribution in [0, 0.1) is 0 Å². The van der Waals surface area contributed by atoms with Gasteiger partial charge in [0, 0.05) is 28.4 Å². The lowest BCUT2D eigenvalue weighted by molar-refractivity contribution is 0.466. The van der Waals surface area contributed by atoms with Gasteiger partial charge in [-0.15, -0.1) is 11.3 Å². The molecule has 2 aliphatic rings. The average Bonchev–Trinajstić information content (AvgIpc) is 3.01. The minimum Gasteiger partial charge on any atom is -0.348 e. The molecule has 4 heteroatoms. The van der Waals surface area contributed by atoms with Gasteiger partial charge in [0.1, 0.15) is 6.04 Å². The van der Waals surface area contributed by atoms with E-state index < -0.39 is 0 Å². The molecule has 4 rings (SSSR count). The fourth-order valence-electron chi connectivity index (χ4n) is 2.43. The first-order valence-corrected chi connectivity index (χ1v) is 7.64. The fraction of sp³-hybridized carbons (Fsp3) is 0.308. The van der Waals surface area contributed by atoms with Crippen LogP contribution in [-0.4, -0.2) is 28.9 Å². The maximum absolute atomic E-state index is 4.83. The van der Waals surface area contributed by atoms with E-state index in [2.05, 4.69) is 35.2 Å². The Balaban J connectivity index is 1.73. The van der Waals surface area contributed by atoms with Crippen LogP contribution < -0.4 is 0 Å². The van der Waals surface area contributed by atoms with Crippen LogP contribution in [0.2, 0.25) is 0 Å². The van der Waals surface area contributed by atoms with Crippen LogP contribution in [0.15, 0.2) is 35.3 Å². The summed E-state index contributed by atoms with van der Waals surface area (Å²) in [5, 5.41) is 2.61. The van der Waals surface area contributed by atoms with Crippen molar-refractivity contribution in [3.05, 3.63) is 35.2 Å². The molecule has 0 N–H and O–H groups in total. The Hall–Kier alpha value is -1.00. The number of amidine groups is 1. The van der Waals surface area contributed by atoms with E-state index in [9.17, 15) is 0 Å². The van der Waals surface area contributed by atoms with E-state index in [1.54, 1.807) is 0 Å². The first-order chi connectivity index (χ1) is 8.40. The second-order valence-electron chi connectivity index (χ2n) is 4.41. The van der Waals surface area contributed by atoms with Crippen LogP contribution in [0.3, 0.4) is 0 Å². The minimum absolute atomic E-state index is 0.371. The summed E-state index contributed by atoms with van der Waals surface area (Å²) in [5.74, 6) is 1.21. The molecule has 2 aromatic rings. The molecule has 1 aromatic carbocycles. The number of hydrogen-bond acceptors (Lipinski definition) is 4. The molecule has 0 spiro atoms. The molecule has 1 saturated heterocycles. The van der Waals surface area contributed by atoms with Gasteiger partial charge in [-0.3, -0.25) is 4.99 Å². The van der Waals surface area contributed by atoms with E-state index in [4.69, 9.17) is 4.99 Å². The number of benzene rings is 1. The number of thiophene rings is 1. The van der Waals surface area contributed by atoms with E-state index in [-0.39, 0.29) is 0 Å². The summed E-state index contributed by atoms with van der Waals surface area (Å²) in [7, 11) is 0. The summed E-state index contributed by atoms with van der Waals surface area (Å²) in [5.41, 5.74) is 0. The third kappa shape index (κ3) is 1.58. The standard InChI is InChI=1S/C13H12N2S2/c1-2-4-11-9(3-1)7-12(17-11)10-8-15-5-6-16-13(15)14-10/h1-4,7,10H,5-6,8H2/t10-/m1/s1. The Labute approximate surface area is 108 Å². The van der Waals surface area contributed by atoms with Crippen molar-refractivity contribution < 1.29 is 0 Å². The van der Waals surface area contributed by atoms with Gasteiger partial charge in [-0.25, -0.2) is 0 Å². The molecule has 0 aliphatic carbocycles. The Morgan fingerprint density at radius 3 is 3.12 bits per heavy atom. The summed E-state index contributed by atoms with van der Waals surface area (Å²) in [6.45, 7) is 2.25. The van der Waals surface area contributed by atoms with Crippen LogP contribution in [0.5, 0.6) is 0 Å². The predicted octanol–water partition coefficient (Wildman–Crippen LogP) is 3.36. The zero-order chi connectivity index (χ0) is 11.2. The number of hydrogen-bond donors (Lipinski definition) is 0. The van der Waals surface area contributed by atoms with Gasteiger partial charge < -0.3 is 4.90 Å². The molecule has 0 unspecified atom stereocenters. The summed E-state index contributed by atoms with van der Waals surface area (Å²) < 4.78 is 1.38. The number of aliphatic imine (C=N–C) groups is 1. The van der Waals surface area contributed by atoms with E-state index in [0.29, 0.717) is 6.04 Å². The van der Waals surface area contributed by atoms with Crippen molar-refractivity contribution in [2.24, 2.45) is 4.99 Å². The lowest BCUT2D eigenvalue weighted by Gasteiger charge is -2.11. The van der Waals surface area contributed by atoms with Crippen molar-refractivity contribution in [1.82, 2.24) is 4.90 Å². The smallest absolute Gasteiger partial charge is 0.160 e. The van der Waals surface area contributed by atoms with Crippen molar-refractivity contribution in [2.45, 2.75) is 6.04 Å². The zero-order valence-electron chi connectivity index (χ0n) is 9.30. The molecular formula is C13H12N2S2. The van der Waals surface area contributed by atoms with Gasteiger partial charge in [0.25, 0.3) is 0 Å². The topological polar surface area (TPSA) is 15.6 Å². The van der Waals surface area contributed by atoms with Gasteiger partial charge in [-0.2, -0.15) is 0 Å². The van der Waals surface area contributed by atoms with Gasteiger partial charge in [-0.05, 0) is 17.5 Å². The number of fused-ring (bicyclic) bond motifs is 2. The highest BCUT2D eigenvalue weighted by Gasteiger charge is 2.30. The average molecular weight is 260 g/mol. The Bertz CT molecular complexity index is 569. The first kappa shape index (κ1) is 9.97. The monoisotopic (exact) mass is 260 g/mol. The first-order valence-electron chi connectivity index (χ1n) is 5.84. The highest BCUT2D eigenvalue weighted by Crippen LogP contribution is 2.37. The second-order valence-corrected chi connectivity index (χ2v) is 6.59. The molecule has 1 atom stereocenters. The van der Waals surface area contributed by atoms with E-state index in [1.165, 1.54) is 32.4 Å². The van der Waals surface area contributed by atoms with Crippen molar-refractivity contribution >= 4 is 38.4 Å². The zero-order valence-corrected chi connectivity index (χ0v) is 10.9. The van der Waals surface area contributed by atoms with Gasteiger partial charge in [0.05, 0.1) is 0 Å². The predicted molar refractivity (Wildman–Crippen MR) is 76.0 cm³/mol. The normalized spacial score (nSPS) is 23.2. The van der Waals surface area contributed by atoms with Crippen molar-refractivity contribution in [2.75, 3.05) is 18.8 Å². The largest absolute Gasteiger partial charge is 0.348 e. The molecule has 1 fully saturated rings. The molecule has 2 aliphatic heterocycles. The van der Waals surface area contributed by atoms with Gasteiger partial charge in [0.15, 0.2) is 5.17 Å². The molecular weight excluding hydrogens is 248 g/mol. The van der Waals surface area contributed by atoms with Crippen molar-refractivity contribution in [3.63, 3.8) is 0 Å². The number of nitrogens with zero attached hydrogens (tertiary/aromatic N) is 2. The number of thioether (sulfide) groups is 1. The van der Waals surface area contributed by atoms with Gasteiger partial charge >= 0.3 is 0 Å². The molecule has 2 nitrogen and oxygen atoms in total. The lowest BCUT2D eigenvalue weighted by Crippen LogP contribution is -2.21. The molecule has 0 amide bonds. The SMILES string of the molecule is c1ccc2sc([C@H]3CN4CCSC4=N3)cc2c1. The van der Waals surface area contributed by atoms with Crippen LogP contribution in [0.4, 0.5) is 0 Å². The third-order valence-corrected chi connectivity index (χ3v) is 5.52. The summed E-state index contributed by atoms with van der Waals surface area (Å²) in [6, 6.07) is 11.3. The molecule has 0 saturated carbocycles. The van der Waals surface area contributed by atoms with Crippen LogP contribution in [0.1, 0.15) is 10.9 Å². The molecule has 0 radical (unpaired) electrons. The van der Waals surface area contributed by atoms with E-state index in [1.807, 2.05) is 23.1 Å². The summed E-state index contributed by atoms with van der Waals surface area (Å²) in [6.07, 6.45) is 0. The fourth-order valence-corrected chi connectivity index (χ4v) is 4.56. The van der Waals surface area contributed by atoms with Crippen LogP contribution >= 0.6 is 23.1 Å². The summed E-state index contributed by atoms with van der Waals surface area (Å²) >= 11 is 3.79. The molecule has 86 valence electrons. The van der Waals surface area contributed by atoms with Gasteiger partial charge in [0.2, 0.25) is 0 Å². The maximum atomic E-state index is 4.83. The highest BCUT2D eigenvalue weighted by molar-refractivity contribution is 8.14. The Morgan fingerprint density at radius 2 is 2.24 bits per heavy atom. The number of rotatable bonds is 1. The quantitative estimate of drug-likeness (QED) is 0.781. The molecule has 1 aromatic heterocycles. The maximum Gasteiger partial charge on any atom is 0.160 e. The van der Waals surface area contributed by atoms with Crippen LogP contribution in [-0.2, 0) is 0 Å². The van der Waals surface area contributed by atoms with Crippen molar-refractivity contribution in [3.8, 4) is 0 Å².